The predicted molar refractivity (Wildman–Crippen MR) is 92.4 cm³/mol. The van der Waals surface area contributed by atoms with Crippen LogP contribution in [-0.2, 0) is 5.41 Å². The lowest BCUT2D eigenvalue weighted by Gasteiger charge is -2.29. The predicted octanol–water partition coefficient (Wildman–Crippen LogP) is 4.97. The molecule has 0 saturated carbocycles. The Morgan fingerprint density at radius 1 is 1.22 bits per heavy atom. The van der Waals surface area contributed by atoms with Crippen molar-refractivity contribution in [1.29, 1.82) is 0 Å². The summed E-state index contributed by atoms with van der Waals surface area (Å²) < 4.78 is 13.8. The van der Waals surface area contributed by atoms with E-state index < -0.39 is 11.7 Å². The maximum Gasteiger partial charge on any atom is 0.254 e. The second-order valence-electron chi connectivity index (χ2n) is 6.45. The van der Waals surface area contributed by atoms with Gasteiger partial charge in [-0.25, -0.2) is 4.39 Å². The van der Waals surface area contributed by atoms with Crippen LogP contribution in [0.1, 0.15) is 43.1 Å². The molecule has 1 N–H and O–H groups in total. The highest BCUT2D eigenvalue weighted by molar-refractivity contribution is 6.30. The second kappa shape index (κ2) is 7.14. The first-order valence-electron chi connectivity index (χ1n) is 7.61. The van der Waals surface area contributed by atoms with E-state index in [2.05, 4.69) is 31.3 Å². The Kier molecular flexibility index (Phi) is 5.42. The zero-order chi connectivity index (χ0) is 17.0. The lowest BCUT2D eigenvalue weighted by atomic mass is 9.79. The number of hydrogen-bond acceptors (Lipinski definition) is 1. The van der Waals surface area contributed by atoms with Gasteiger partial charge in [0.15, 0.2) is 0 Å². The number of nitrogens with one attached hydrogen (secondary N) is 1. The Balaban J connectivity index is 2.04. The molecule has 1 amide bonds. The molecule has 2 aromatic carbocycles. The third-order valence-corrected chi connectivity index (χ3v) is 4.16. The number of hydrogen-bond donors (Lipinski definition) is 1. The molecule has 122 valence electrons. The van der Waals surface area contributed by atoms with Gasteiger partial charge in [0.05, 0.1) is 5.56 Å². The molecule has 0 aliphatic carbocycles. The second-order valence-corrected chi connectivity index (χ2v) is 6.89. The highest BCUT2D eigenvalue weighted by Crippen LogP contribution is 2.28. The normalized spacial score (nSPS) is 12.7. The van der Waals surface area contributed by atoms with Gasteiger partial charge in [0, 0.05) is 11.1 Å². The summed E-state index contributed by atoms with van der Waals surface area (Å²) in [6.45, 7) is 6.19. The molecule has 0 fully saturated rings. The summed E-state index contributed by atoms with van der Waals surface area (Å²) in [6, 6.07) is 14.1. The smallest absolute Gasteiger partial charge is 0.254 e. The number of rotatable bonds is 5. The van der Waals surface area contributed by atoms with Gasteiger partial charge in [-0.1, -0.05) is 55.8 Å². The molecule has 0 heterocycles. The fourth-order valence-corrected chi connectivity index (χ4v) is 2.96. The molecule has 2 nitrogen and oxygen atoms in total. The number of carbonyl (C=O) groups excluding carboxylic acids is 1. The van der Waals surface area contributed by atoms with Crippen molar-refractivity contribution >= 4 is 17.5 Å². The van der Waals surface area contributed by atoms with Gasteiger partial charge in [-0.05, 0) is 42.5 Å². The molecule has 23 heavy (non-hydrogen) atoms. The van der Waals surface area contributed by atoms with Gasteiger partial charge in [-0.2, -0.15) is 0 Å². The van der Waals surface area contributed by atoms with E-state index in [0.29, 0.717) is 0 Å². The largest absolute Gasteiger partial charge is 0.349 e. The summed E-state index contributed by atoms with van der Waals surface area (Å²) >= 11 is 5.71. The zero-order valence-corrected chi connectivity index (χ0v) is 14.3. The van der Waals surface area contributed by atoms with Crippen LogP contribution in [0.25, 0.3) is 0 Å². The molecule has 0 bridgehead atoms. The summed E-state index contributed by atoms with van der Waals surface area (Å²) in [5.74, 6) is -1.03. The van der Waals surface area contributed by atoms with Crippen molar-refractivity contribution in [3.8, 4) is 0 Å². The molecule has 2 rings (SSSR count). The molecule has 0 aliphatic rings. The highest BCUT2D eigenvalue weighted by Gasteiger charge is 2.24. The van der Waals surface area contributed by atoms with Crippen LogP contribution in [0.5, 0.6) is 0 Å². The van der Waals surface area contributed by atoms with Crippen LogP contribution in [0.4, 0.5) is 4.39 Å². The average molecular weight is 334 g/mol. The minimum absolute atomic E-state index is 0.0127. The molecular weight excluding hydrogens is 313 g/mol. The maximum absolute atomic E-state index is 13.8. The van der Waals surface area contributed by atoms with Gasteiger partial charge >= 0.3 is 0 Å². The highest BCUT2D eigenvalue weighted by atomic mass is 35.5. The molecule has 0 aromatic heterocycles. The SMILES string of the molecule is C[C@H](CC(C)(C)c1ccccc1)NC(=O)c1ccc(Cl)cc1F. The van der Waals surface area contributed by atoms with Crippen LogP contribution in [0.2, 0.25) is 5.02 Å². The van der Waals surface area contributed by atoms with Crippen molar-refractivity contribution in [1.82, 2.24) is 5.32 Å². The third kappa shape index (κ3) is 4.55. The molecule has 0 saturated heterocycles. The van der Waals surface area contributed by atoms with E-state index in [1.807, 2.05) is 25.1 Å². The minimum atomic E-state index is -0.607. The third-order valence-electron chi connectivity index (χ3n) is 3.93. The van der Waals surface area contributed by atoms with Crippen LogP contribution in [0.15, 0.2) is 48.5 Å². The number of amides is 1. The fraction of sp³-hybridized carbons (Fsp3) is 0.316. The first-order valence-corrected chi connectivity index (χ1v) is 7.99. The monoisotopic (exact) mass is 333 g/mol. The minimum Gasteiger partial charge on any atom is -0.349 e. The molecule has 0 aliphatic heterocycles. The topological polar surface area (TPSA) is 29.1 Å². The van der Waals surface area contributed by atoms with Crippen molar-refractivity contribution in [2.45, 2.75) is 38.6 Å². The van der Waals surface area contributed by atoms with E-state index in [1.165, 1.54) is 17.7 Å². The number of benzene rings is 2. The average Bonchev–Trinajstić information content (AvgIpc) is 2.47. The van der Waals surface area contributed by atoms with Gasteiger partial charge in [-0.15, -0.1) is 0 Å². The molecule has 0 unspecified atom stereocenters. The molecule has 2 aromatic rings. The van der Waals surface area contributed by atoms with E-state index in [-0.39, 0.29) is 22.0 Å². The Hall–Kier alpha value is -1.87. The van der Waals surface area contributed by atoms with Crippen LogP contribution < -0.4 is 5.32 Å². The van der Waals surface area contributed by atoms with Crippen LogP contribution in [0, 0.1) is 5.82 Å². The lowest BCUT2D eigenvalue weighted by molar-refractivity contribution is 0.0930. The fourth-order valence-electron chi connectivity index (χ4n) is 2.80. The van der Waals surface area contributed by atoms with E-state index in [0.717, 1.165) is 12.5 Å². The summed E-state index contributed by atoms with van der Waals surface area (Å²) in [6.07, 6.45) is 0.748. The van der Waals surface area contributed by atoms with Gasteiger partial charge in [-0.3, -0.25) is 4.79 Å². The summed E-state index contributed by atoms with van der Waals surface area (Å²) in [7, 11) is 0. The first kappa shape index (κ1) is 17.5. The molecule has 1 atom stereocenters. The Bertz CT molecular complexity index is 685. The van der Waals surface area contributed by atoms with Crippen molar-refractivity contribution in [2.75, 3.05) is 0 Å². The van der Waals surface area contributed by atoms with E-state index >= 15 is 0 Å². The molecule has 0 spiro atoms. The van der Waals surface area contributed by atoms with Gasteiger partial charge < -0.3 is 5.32 Å². The van der Waals surface area contributed by atoms with Gasteiger partial charge in [0.1, 0.15) is 5.82 Å². The first-order chi connectivity index (χ1) is 10.8. The standard InChI is InChI=1S/C19H21ClFNO/c1-13(12-19(2,3)14-7-5-4-6-8-14)22-18(23)16-10-9-15(20)11-17(16)21/h4-11,13H,12H2,1-3H3,(H,22,23)/t13-/m1/s1. The quantitative estimate of drug-likeness (QED) is 0.822. The van der Waals surface area contributed by atoms with Crippen LogP contribution in [0.3, 0.4) is 0 Å². The Morgan fingerprint density at radius 2 is 1.87 bits per heavy atom. The number of carbonyl (C=O) groups is 1. The molecular formula is C19H21ClFNO. The molecule has 0 radical (unpaired) electrons. The van der Waals surface area contributed by atoms with Crippen molar-refractivity contribution in [2.24, 2.45) is 0 Å². The van der Waals surface area contributed by atoms with E-state index in [9.17, 15) is 9.18 Å². The summed E-state index contributed by atoms with van der Waals surface area (Å²) in [5.41, 5.74) is 1.13. The van der Waals surface area contributed by atoms with Gasteiger partial charge in [0.25, 0.3) is 5.91 Å². The van der Waals surface area contributed by atoms with E-state index in [4.69, 9.17) is 11.6 Å². The molecule has 4 heteroatoms. The summed E-state index contributed by atoms with van der Waals surface area (Å²) in [5, 5.41) is 3.14. The van der Waals surface area contributed by atoms with Crippen molar-refractivity contribution in [3.63, 3.8) is 0 Å². The lowest BCUT2D eigenvalue weighted by Crippen LogP contribution is -2.37. The van der Waals surface area contributed by atoms with Crippen molar-refractivity contribution in [3.05, 3.63) is 70.5 Å². The maximum atomic E-state index is 13.8. The van der Waals surface area contributed by atoms with Crippen LogP contribution >= 0.6 is 11.6 Å². The Morgan fingerprint density at radius 3 is 2.48 bits per heavy atom. The van der Waals surface area contributed by atoms with Gasteiger partial charge in [0.2, 0.25) is 0 Å². The van der Waals surface area contributed by atoms with Crippen LogP contribution in [-0.4, -0.2) is 11.9 Å². The Labute approximate surface area is 141 Å². The summed E-state index contributed by atoms with van der Waals surface area (Å²) in [4.78, 5) is 12.2. The van der Waals surface area contributed by atoms with Crippen molar-refractivity contribution < 1.29 is 9.18 Å². The zero-order valence-electron chi connectivity index (χ0n) is 13.6. The number of halogens is 2. The van der Waals surface area contributed by atoms with E-state index in [1.54, 1.807) is 0 Å².